The van der Waals surface area contributed by atoms with Crippen molar-refractivity contribution in [1.29, 1.82) is 0 Å². The van der Waals surface area contributed by atoms with Gasteiger partial charge in [-0.25, -0.2) is 9.59 Å². The van der Waals surface area contributed by atoms with Crippen LogP contribution >= 0.6 is 0 Å². The van der Waals surface area contributed by atoms with Gasteiger partial charge in [-0.3, -0.25) is 0 Å². The number of allylic oxidation sites excluding steroid dienone is 1. The highest BCUT2D eigenvalue weighted by molar-refractivity contribution is 5.68. The van der Waals surface area contributed by atoms with E-state index in [0.717, 1.165) is 43.5 Å². The molecule has 0 aromatic carbocycles. The van der Waals surface area contributed by atoms with Gasteiger partial charge in [-0.2, -0.15) is 9.13 Å². The van der Waals surface area contributed by atoms with E-state index in [2.05, 4.69) is 57.9 Å². The van der Waals surface area contributed by atoms with Crippen molar-refractivity contribution in [3.8, 4) is 0 Å². The first kappa shape index (κ1) is 40.8. The molecule has 0 amide bonds. The fourth-order valence-corrected chi connectivity index (χ4v) is 14.2. The number of rotatable bonds is 10. The van der Waals surface area contributed by atoms with E-state index in [-0.39, 0.29) is 58.2 Å². The second-order valence-electron chi connectivity index (χ2n) is 20.8. The molecule has 2 aromatic heterocycles. The maximum atomic E-state index is 13.4. The molecule has 5 fully saturated rings. The Balaban J connectivity index is 1.06. The molecule has 8 heteroatoms. The SMILES string of the molecule is C=C(C)C1CC[C@]2(COC(=O)C[n+]3ccc(N(C)C)cc3)CC[C@]3(C)C(CCC4[C@@]5(C)CC[C@H](OC(=O)C[n+]6ccc(N(C)C)cc6)C(C)(C)C5CC[C@]43C)C12. The minimum Gasteiger partial charge on any atom is -0.460 e. The summed E-state index contributed by atoms with van der Waals surface area (Å²) in [6, 6.07) is 8.16. The third-order valence-corrected chi connectivity index (χ3v) is 17.4. The largest absolute Gasteiger partial charge is 0.460 e. The molecule has 2 aromatic rings. The molecule has 56 heavy (non-hydrogen) atoms. The van der Waals surface area contributed by atoms with Crippen LogP contribution in [0.3, 0.4) is 0 Å². The van der Waals surface area contributed by atoms with E-state index in [1.807, 2.05) is 86.4 Å². The standard InChI is InChI=1S/C48H72N4O4/c1-33(2)36-14-23-48(32-55-41(53)30-51-26-17-34(18-27-51)49(8)9)25-24-46(6)37(43(36)48)12-13-39-45(5)21-16-40(44(3,4)38(45)15-22-47(39,46)7)56-42(54)31-52-28-19-35(20-29-52)50(10)11/h17-20,26-29,36-40,43H,1,12-16,21-25,30-32H2,2-11H3/q+2/t36?,37?,38?,39?,40-,43?,45-,46+,47+,48+/m0/s1. The van der Waals surface area contributed by atoms with E-state index in [4.69, 9.17) is 9.47 Å². The van der Waals surface area contributed by atoms with Crippen molar-refractivity contribution < 1.29 is 28.2 Å². The normalized spacial score (nSPS) is 36.9. The van der Waals surface area contributed by atoms with Crippen molar-refractivity contribution in [2.24, 2.45) is 56.7 Å². The summed E-state index contributed by atoms with van der Waals surface area (Å²) >= 11 is 0. The Labute approximate surface area is 338 Å². The molecule has 0 bridgehead atoms. The summed E-state index contributed by atoms with van der Waals surface area (Å²) in [6.07, 6.45) is 19.3. The first-order valence-corrected chi connectivity index (χ1v) is 21.7. The Morgan fingerprint density at radius 3 is 1.88 bits per heavy atom. The number of anilines is 2. The maximum Gasteiger partial charge on any atom is 0.372 e. The lowest BCUT2D eigenvalue weighted by Crippen LogP contribution is -2.67. The van der Waals surface area contributed by atoms with Crippen LogP contribution in [-0.2, 0) is 32.2 Å². The minimum absolute atomic E-state index is 0.0177. The summed E-state index contributed by atoms with van der Waals surface area (Å²) in [4.78, 5) is 30.9. The second-order valence-corrected chi connectivity index (χ2v) is 20.8. The molecule has 5 unspecified atom stereocenters. The summed E-state index contributed by atoms with van der Waals surface area (Å²) in [5.74, 6) is 2.40. The third kappa shape index (κ3) is 6.76. The van der Waals surface area contributed by atoms with Gasteiger partial charge in [-0.15, -0.1) is 0 Å². The predicted octanol–water partition coefficient (Wildman–Crippen LogP) is 8.21. The molecular weight excluding hydrogens is 697 g/mol. The fraction of sp³-hybridized carbons (Fsp3) is 0.708. The molecule has 0 radical (unpaired) electrons. The van der Waals surface area contributed by atoms with E-state index >= 15 is 0 Å². The van der Waals surface area contributed by atoms with Crippen LogP contribution in [0, 0.1) is 56.7 Å². The summed E-state index contributed by atoms with van der Waals surface area (Å²) in [7, 11) is 8.10. The van der Waals surface area contributed by atoms with Crippen LogP contribution in [0.2, 0.25) is 0 Å². The number of aromatic nitrogens is 2. The van der Waals surface area contributed by atoms with Crippen LogP contribution in [0.4, 0.5) is 11.4 Å². The first-order valence-electron chi connectivity index (χ1n) is 21.7. The van der Waals surface area contributed by atoms with Gasteiger partial charge in [0.1, 0.15) is 6.10 Å². The van der Waals surface area contributed by atoms with E-state index in [0.29, 0.717) is 36.2 Å². The molecule has 0 spiro atoms. The first-order chi connectivity index (χ1) is 26.3. The lowest BCUT2D eigenvalue weighted by atomic mass is 9.32. The van der Waals surface area contributed by atoms with E-state index in [1.165, 1.54) is 37.7 Å². The molecule has 0 saturated heterocycles. The summed E-state index contributed by atoms with van der Waals surface area (Å²) in [6.45, 7) is 20.6. The molecule has 0 aliphatic heterocycles. The number of hydrogen-bond donors (Lipinski definition) is 0. The lowest BCUT2D eigenvalue weighted by Gasteiger charge is -2.73. The van der Waals surface area contributed by atoms with Gasteiger partial charge in [0.2, 0.25) is 13.1 Å². The lowest BCUT2D eigenvalue weighted by molar-refractivity contribution is -0.686. The van der Waals surface area contributed by atoms with Gasteiger partial charge in [-0.1, -0.05) is 46.8 Å². The number of nitrogens with zero attached hydrogens (tertiary/aromatic N) is 4. The van der Waals surface area contributed by atoms with Crippen molar-refractivity contribution in [3.05, 3.63) is 61.2 Å². The number of ether oxygens (including phenoxy) is 2. The summed E-state index contributed by atoms with van der Waals surface area (Å²) < 4.78 is 16.6. The number of esters is 2. The monoisotopic (exact) mass is 769 g/mol. The zero-order valence-electron chi connectivity index (χ0n) is 36.4. The topological polar surface area (TPSA) is 66.8 Å². The molecule has 306 valence electrons. The van der Waals surface area contributed by atoms with Gasteiger partial charge >= 0.3 is 11.9 Å². The van der Waals surface area contributed by atoms with Gasteiger partial charge < -0.3 is 19.3 Å². The van der Waals surface area contributed by atoms with Crippen LogP contribution in [0.25, 0.3) is 0 Å². The number of pyridine rings is 2. The Hall–Kier alpha value is -3.42. The van der Waals surface area contributed by atoms with E-state index in [9.17, 15) is 9.59 Å². The average molecular weight is 769 g/mol. The molecule has 8 nitrogen and oxygen atoms in total. The highest BCUT2D eigenvalue weighted by atomic mass is 16.5. The Bertz CT molecular complexity index is 1790. The summed E-state index contributed by atoms with van der Waals surface area (Å²) in [5.41, 5.74) is 4.07. The molecule has 0 N–H and O–H groups in total. The minimum atomic E-state index is -0.143. The maximum absolute atomic E-state index is 13.4. The zero-order chi connectivity index (χ0) is 40.4. The van der Waals surface area contributed by atoms with E-state index < -0.39 is 0 Å². The van der Waals surface area contributed by atoms with Crippen molar-refractivity contribution in [1.82, 2.24) is 0 Å². The molecule has 2 heterocycles. The number of fused-ring (bicyclic) bond motifs is 7. The number of carbonyl (C=O) groups excluding carboxylic acids is 2. The van der Waals surface area contributed by atoms with Gasteiger partial charge in [0.25, 0.3) is 0 Å². The highest BCUT2D eigenvalue weighted by Gasteiger charge is 2.71. The van der Waals surface area contributed by atoms with E-state index in [1.54, 1.807) is 0 Å². The Kier molecular flexibility index (Phi) is 10.7. The van der Waals surface area contributed by atoms with Crippen molar-refractivity contribution in [3.63, 3.8) is 0 Å². The van der Waals surface area contributed by atoms with Gasteiger partial charge in [0, 0.05) is 74.7 Å². The van der Waals surface area contributed by atoms with Crippen molar-refractivity contribution in [2.75, 3.05) is 44.6 Å². The van der Waals surface area contributed by atoms with Gasteiger partial charge in [0.15, 0.2) is 24.8 Å². The van der Waals surface area contributed by atoms with Crippen molar-refractivity contribution in [2.45, 2.75) is 125 Å². The van der Waals surface area contributed by atoms with Crippen LogP contribution in [0.15, 0.2) is 61.2 Å². The number of carbonyl (C=O) groups is 2. The van der Waals surface area contributed by atoms with Gasteiger partial charge in [0.05, 0.1) is 6.61 Å². The second kappa shape index (κ2) is 14.8. The molecule has 7 rings (SSSR count). The Morgan fingerprint density at radius 1 is 0.714 bits per heavy atom. The number of hydrogen-bond acceptors (Lipinski definition) is 6. The van der Waals surface area contributed by atoms with Crippen LogP contribution in [0.1, 0.15) is 106 Å². The summed E-state index contributed by atoms with van der Waals surface area (Å²) in [5, 5.41) is 0. The quantitative estimate of drug-likeness (QED) is 0.138. The average Bonchev–Trinajstić information content (AvgIpc) is 3.53. The third-order valence-electron chi connectivity index (χ3n) is 17.4. The van der Waals surface area contributed by atoms with Crippen LogP contribution in [0.5, 0.6) is 0 Å². The fourth-order valence-electron chi connectivity index (χ4n) is 14.2. The zero-order valence-corrected chi connectivity index (χ0v) is 36.4. The Morgan fingerprint density at radius 2 is 1.30 bits per heavy atom. The smallest absolute Gasteiger partial charge is 0.372 e. The molecule has 5 aliphatic rings. The molecule has 5 saturated carbocycles. The van der Waals surface area contributed by atoms with Gasteiger partial charge in [-0.05, 0) is 117 Å². The molecule has 10 atom stereocenters. The van der Waals surface area contributed by atoms with Crippen LogP contribution in [-0.4, -0.2) is 52.8 Å². The highest BCUT2D eigenvalue weighted by Crippen LogP contribution is 2.77. The van der Waals surface area contributed by atoms with Crippen LogP contribution < -0.4 is 18.9 Å². The van der Waals surface area contributed by atoms with Crippen molar-refractivity contribution >= 4 is 23.3 Å². The predicted molar refractivity (Wildman–Crippen MR) is 222 cm³/mol. The molecular formula is C48H72N4O4+2. The molecule has 5 aliphatic carbocycles.